The minimum atomic E-state index is -4.40. The van der Waals surface area contributed by atoms with Crippen molar-refractivity contribution in [3.05, 3.63) is 17.0 Å². The van der Waals surface area contributed by atoms with E-state index < -0.39 is 30.8 Å². The van der Waals surface area contributed by atoms with Gasteiger partial charge in [0, 0.05) is 19.5 Å². The molecular weight excluding hydrogens is 303 g/mol. The fourth-order valence-corrected chi connectivity index (χ4v) is 2.38. The van der Waals surface area contributed by atoms with Gasteiger partial charge in [0.1, 0.15) is 11.3 Å². The minimum Gasteiger partial charge on any atom is -0.361 e. The third-order valence-corrected chi connectivity index (χ3v) is 3.42. The molecule has 2 heterocycles. The van der Waals surface area contributed by atoms with Gasteiger partial charge in [-0.25, -0.2) is 5.01 Å². The molecule has 0 aliphatic carbocycles. The highest BCUT2D eigenvalue weighted by molar-refractivity contribution is 5.97. The molecule has 2 rings (SSSR count). The number of amides is 2. The van der Waals surface area contributed by atoms with E-state index in [1.54, 1.807) is 13.8 Å². The number of hydrogen-bond donors (Lipinski definition) is 0. The number of aryl methyl sites for hydroxylation is 2. The van der Waals surface area contributed by atoms with Crippen LogP contribution in [-0.2, 0) is 4.79 Å². The lowest BCUT2D eigenvalue weighted by atomic mass is 10.2. The number of hydrogen-bond acceptors (Lipinski definition) is 4. The van der Waals surface area contributed by atoms with Crippen molar-refractivity contribution in [2.45, 2.75) is 39.3 Å². The summed E-state index contributed by atoms with van der Waals surface area (Å²) in [5.41, 5.74) is 0.632. The van der Waals surface area contributed by atoms with Gasteiger partial charge >= 0.3 is 6.18 Å². The zero-order valence-electron chi connectivity index (χ0n) is 12.2. The molecule has 2 amide bonds. The first kappa shape index (κ1) is 16.3. The maximum absolute atomic E-state index is 12.5. The number of carbonyl (C=O) groups excluding carboxylic acids is 2. The molecule has 1 fully saturated rings. The Morgan fingerprint density at radius 3 is 2.41 bits per heavy atom. The Balaban J connectivity index is 2.10. The molecule has 0 atom stereocenters. The second-order valence-electron chi connectivity index (χ2n) is 5.11. The fraction of sp³-hybridized carbons (Fsp3) is 0.615. The SMILES string of the molecule is Cc1noc(C)c1C(=O)N1CCCN1C(=O)CCC(F)(F)F. The Hall–Kier alpha value is -2.06. The summed E-state index contributed by atoms with van der Waals surface area (Å²) in [7, 11) is 0. The molecule has 0 aromatic carbocycles. The molecule has 1 aliphatic heterocycles. The summed E-state index contributed by atoms with van der Waals surface area (Å²) in [6.45, 7) is 3.67. The highest BCUT2D eigenvalue weighted by Gasteiger charge is 2.36. The number of rotatable bonds is 3. The minimum absolute atomic E-state index is 0.228. The first-order valence-electron chi connectivity index (χ1n) is 6.82. The Kier molecular flexibility index (Phi) is 4.43. The van der Waals surface area contributed by atoms with Crippen LogP contribution in [0.1, 0.15) is 41.1 Å². The summed E-state index contributed by atoms with van der Waals surface area (Å²) in [5.74, 6) is -0.874. The van der Waals surface area contributed by atoms with Gasteiger partial charge in [0.2, 0.25) is 5.91 Å². The molecule has 0 N–H and O–H groups in total. The van der Waals surface area contributed by atoms with Crippen LogP contribution in [0.15, 0.2) is 4.52 Å². The fourth-order valence-electron chi connectivity index (χ4n) is 2.38. The number of aromatic nitrogens is 1. The van der Waals surface area contributed by atoms with Gasteiger partial charge in [-0.3, -0.25) is 14.6 Å². The molecule has 122 valence electrons. The maximum atomic E-state index is 12.5. The van der Waals surface area contributed by atoms with E-state index in [4.69, 9.17) is 4.52 Å². The number of hydrazine groups is 1. The Morgan fingerprint density at radius 1 is 1.23 bits per heavy atom. The van der Waals surface area contributed by atoms with Crippen LogP contribution in [0.5, 0.6) is 0 Å². The normalized spacial score (nSPS) is 15.5. The smallest absolute Gasteiger partial charge is 0.361 e. The third-order valence-electron chi connectivity index (χ3n) is 3.42. The molecule has 9 heteroatoms. The topological polar surface area (TPSA) is 66.7 Å². The quantitative estimate of drug-likeness (QED) is 0.857. The van der Waals surface area contributed by atoms with Crippen LogP contribution >= 0.6 is 0 Å². The number of nitrogens with zero attached hydrogens (tertiary/aromatic N) is 3. The summed E-state index contributed by atoms with van der Waals surface area (Å²) in [6, 6.07) is 0. The summed E-state index contributed by atoms with van der Waals surface area (Å²) in [6.07, 6.45) is -5.75. The van der Waals surface area contributed by atoms with E-state index in [1.807, 2.05) is 0 Å². The standard InChI is InChI=1S/C13H16F3N3O3/c1-8-11(9(2)22-17-8)12(21)19-7-3-6-18(19)10(20)4-5-13(14,15)16/h3-7H2,1-2H3. The van der Waals surface area contributed by atoms with E-state index in [9.17, 15) is 22.8 Å². The molecule has 1 aromatic rings. The number of alkyl halides is 3. The molecule has 0 saturated carbocycles. The average Bonchev–Trinajstić information content (AvgIpc) is 3.02. The van der Waals surface area contributed by atoms with Gasteiger partial charge in [-0.2, -0.15) is 13.2 Å². The van der Waals surface area contributed by atoms with Gasteiger partial charge in [0.25, 0.3) is 5.91 Å². The number of carbonyl (C=O) groups is 2. The summed E-state index contributed by atoms with van der Waals surface area (Å²) < 4.78 is 41.6. The highest BCUT2D eigenvalue weighted by Crippen LogP contribution is 2.24. The molecule has 0 radical (unpaired) electrons. The first-order valence-corrected chi connectivity index (χ1v) is 6.82. The van der Waals surface area contributed by atoms with Crippen molar-refractivity contribution in [3.8, 4) is 0 Å². The zero-order chi connectivity index (χ0) is 16.5. The van der Waals surface area contributed by atoms with Crippen molar-refractivity contribution in [2.24, 2.45) is 0 Å². The summed E-state index contributed by atoms with van der Waals surface area (Å²) in [4.78, 5) is 24.4. The second-order valence-corrected chi connectivity index (χ2v) is 5.11. The van der Waals surface area contributed by atoms with Crippen molar-refractivity contribution in [1.29, 1.82) is 0 Å². The Bertz CT molecular complexity index is 563. The van der Waals surface area contributed by atoms with E-state index in [1.165, 1.54) is 5.01 Å². The van der Waals surface area contributed by atoms with E-state index >= 15 is 0 Å². The van der Waals surface area contributed by atoms with Crippen LogP contribution in [0.3, 0.4) is 0 Å². The van der Waals surface area contributed by atoms with Gasteiger partial charge in [-0.1, -0.05) is 5.16 Å². The number of halogens is 3. The van der Waals surface area contributed by atoms with Gasteiger partial charge in [-0.15, -0.1) is 0 Å². The molecule has 0 spiro atoms. The Labute approximate surface area is 124 Å². The molecule has 1 aliphatic rings. The molecule has 1 saturated heterocycles. The van der Waals surface area contributed by atoms with E-state index in [2.05, 4.69) is 5.16 Å². The third kappa shape index (κ3) is 3.40. The van der Waals surface area contributed by atoms with Crippen molar-refractivity contribution in [3.63, 3.8) is 0 Å². The van der Waals surface area contributed by atoms with Crippen LogP contribution < -0.4 is 0 Å². The van der Waals surface area contributed by atoms with E-state index in [-0.39, 0.29) is 18.7 Å². The predicted molar refractivity (Wildman–Crippen MR) is 68.6 cm³/mol. The average molecular weight is 319 g/mol. The van der Waals surface area contributed by atoms with Gasteiger partial charge in [0.05, 0.1) is 12.1 Å². The van der Waals surface area contributed by atoms with Gasteiger partial charge in [-0.05, 0) is 20.3 Å². The monoisotopic (exact) mass is 319 g/mol. The molecule has 6 nitrogen and oxygen atoms in total. The van der Waals surface area contributed by atoms with Gasteiger partial charge < -0.3 is 4.52 Å². The first-order chi connectivity index (χ1) is 10.2. The molecular formula is C13H16F3N3O3. The van der Waals surface area contributed by atoms with E-state index in [0.717, 1.165) is 5.01 Å². The van der Waals surface area contributed by atoms with Crippen LogP contribution in [0.2, 0.25) is 0 Å². The largest absolute Gasteiger partial charge is 0.389 e. The van der Waals surface area contributed by atoms with Crippen molar-refractivity contribution < 1.29 is 27.3 Å². The highest BCUT2D eigenvalue weighted by atomic mass is 19.4. The van der Waals surface area contributed by atoms with E-state index in [0.29, 0.717) is 17.9 Å². The van der Waals surface area contributed by atoms with Crippen molar-refractivity contribution in [1.82, 2.24) is 15.2 Å². The predicted octanol–water partition coefficient (Wildman–Crippen LogP) is 2.22. The lowest BCUT2D eigenvalue weighted by Crippen LogP contribution is -2.45. The summed E-state index contributed by atoms with van der Waals surface area (Å²) in [5, 5.41) is 5.93. The van der Waals surface area contributed by atoms with Crippen LogP contribution in [0.25, 0.3) is 0 Å². The van der Waals surface area contributed by atoms with Gasteiger partial charge in [0.15, 0.2) is 0 Å². The van der Waals surface area contributed by atoms with Crippen molar-refractivity contribution in [2.75, 3.05) is 13.1 Å². The second kappa shape index (κ2) is 5.98. The molecule has 0 bridgehead atoms. The molecule has 22 heavy (non-hydrogen) atoms. The molecule has 0 unspecified atom stereocenters. The van der Waals surface area contributed by atoms with Crippen molar-refractivity contribution >= 4 is 11.8 Å². The van der Waals surface area contributed by atoms with Crippen LogP contribution in [0, 0.1) is 13.8 Å². The molecule has 1 aromatic heterocycles. The lowest BCUT2D eigenvalue weighted by Gasteiger charge is -2.28. The maximum Gasteiger partial charge on any atom is 0.389 e. The summed E-state index contributed by atoms with van der Waals surface area (Å²) >= 11 is 0. The van der Waals surface area contributed by atoms with Crippen LogP contribution in [-0.4, -0.2) is 46.3 Å². The van der Waals surface area contributed by atoms with Crippen LogP contribution in [0.4, 0.5) is 13.2 Å². The lowest BCUT2D eigenvalue weighted by molar-refractivity contribution is -0.154. The Morgan fingerprint density at radius 2 is 1.86 bits per heavy atom. The zero-order valence-corrected chi connectivity index (χ0v) is 12.2.